The van der Waals surface area contributed by atoms with Crippen molar-refractivity contribution in [2.45, 2.75) is 6.42 Å². The number of nitrogens with zero attached hydrogens (tertiary/aromatic N) is 1. The highest BCUT2D eigenvalue weighted by Crippen LogP contribution is 2.07. The number of pyridine rings is 1. The van der Waals surface area contributed by atoms with Crippen molar-refractivity contribution in [1.82, 2.24) is 10.3 Å². The number of halogens is 1. The van der Waals surface area contributed by atoms with E-state index in [1.807, 2.05) is 18.2 Å². The van der Waals surface area contributed by atoms with E-state index in [9.17, 15) is 9.18 Å². The van der Waals surface area contributed by atoms with Gasteiger partial charge in [0.15, 0.2) is 0 Å². The summed E-state index contributed by atoms with van der Waals surface area (Å²) >= 11 is 0. The Kier molecular flexibility index (Phi) is 5.00. The second-order valence-electron chi connectivity index (χ2n) is 4.22. The number of benzene rings is 1. The number of carbonyl (C=O) groups is 1. The lowest BCUT2D eigenvalue weighted by atomic mass is 10.2. The molecule has 0 atom stereocenters. The summed E-state index contributed by atoms with van der Waals surface area (Å²) < 4.78 is 13.3. The van der Waals surface area contributed by atoms with Crippen molar-refractivity contribution in [1.29, 1.82) is 0 Å². The van der Waals surface area contributed by atoms with Gasteiger partial charge in [0.05, 0.1) is 0 Å². The highest BCUT2D eigenvalue weighted by molar-refractivity contribution is 5.91. The first kappa shape index (κ1) is 13.9. The van der Waals surface area contributed by atoms with Crippen LogP contribution in [-0.4, -0.2) is 17.4 Å². The van der Waals surface area contributed by atoms with Crippen molar-refractivity contribution in [2.24, 2.45) is 0 Å². The van der Waals surface area contributed by atoms with Crippen LogP contribution in [0, 0.1) is 5.82 Å². The molecule has 4 heteroatoms. The van der Waals surface area contributed by atoms with Gasteiger partial charge in [-0.05, 0) is 24.3 Å². The fraction of sp³-hybridized carbons (Fsp3) is 0.125. The summed E-state index contributed by atoms with van der Waals surface area (Å²) in [5, 5.41) is 2.73. The second-order valence-corrected chi connectivity index (χ2v) is 4.22. The Balaban J connectivity index is 1.80. The second kappa shape index (κ2) is 7.19. The average molecular weight is 270 g/mol. The molecule has 20 heavy (non-hydrogen) atoms. The van der Waals surface area contributed by atoms with Gasteiger partial charge in [0.25, 0.3) is 0 Å². The number of hydrogen-bond acceptors (Lipinski definition) is 2. The lowest BCUT2D eigenvalue weighted by molar-refractivity contribution is -0.116. The molecule has 0 fully saturated rings. The van der Waals surface area contributed by atoms with Crippen LogP contribution < -0.4 is 5.32 Å². The van der Waals surface area contributed by atoms with Gasteiger partial charge in [0.2, 0.25) is 5.91 Å². The molecule has 0 aliphatic heterocycles. The van der Waals surface area contributed by atoms with Gasteiger partial charge in [-0.2, -0.15) is 0 Å². The van der Waals surface area contributed by atoms with E-state index in [2.05, 4.69) is 10.3 Å². The minimum absolute atomic E-state index is 0.246. The van der Waals surface area contributed by atoms with Crippen molar-refractivity contribution in [2.75, 3.05) is 6.54 Å². The maximum Gasteiger partial charge on any atom is 0.244 e. The Labute approximate surface area is 117 Å². The van der Waals surface area contributed by atoms with Crippen LogP contribution in [0.25, 0.3) is 6.08 Å². The summed E-state index contributed by atoms with van der Waals surface area (Å²) in [4.78, 5) is 15.7. The quantitative estimate of drug-likeness (QED) is 0.848. The Morgan fingerprint density at radius 3 is 2.75 bits per heavy atom. The van der Waals surface area contributed by atoms with Gasteiger partial charge in [-0.15, -0.1) is 0 Å². The first-order valence-electron chi connectivity index (χ1n) is 6.36. The maximum atomic E-state index is 13.3. The summed E-state index contributed by atoms with van der Waals surface area (Å²) in [6, 6.07) is 12.0. The highest BCUT2D eigenvalue weighted by atomic mass is 19.1. The molecule has 1 aromatic carbocycles. The van der Waals surface area contributed by atoms with E-state index < -0.39 is 0 Å². The molecule has 0 saturated carbocycles. The fourth-order valence-electron chi connectivity index (χ4n) is 1.69. The number of rotatable bonds is 5. The zero-order valence-electron chi connectivity index (χ0n) is 10.9. The molecule has 0 radical (unpaired) electrons. The third-order valence-electron chi connectivity index (χ3n) is 2.73. The molecule has 0 spiro atoms. The number of aromatic nitrogens is 1. The predicted octanol–water partition coefficient (Wildman–Crippen LogP) is 2.59. The number of amides is 1. The van der Waals surface area contributed by atoms with Gasteiger partial charge in [-0.1, -0.05) is 24.3 Å². The van der Waals surface area contributed by atoms with Crippen LogP contribution in [0.5, 0.6) is 0 Å². The molecule has 0 aliphatic carbocycles. The van der Waals surface area contributed by atoms with Crippen LogP contribution in [0.2, 0.25) is 0 Å². The third-order valence-corrected chi connectivity index (χ3v) is 2.73. The van der Waals surface area contributed by atoms with E-state index in [0.29, 0.717) is 18.5 Å². The van der Waals surface area contributed by atoms with Crippen LogP contribution in [0.1, 0.15) is 11.3 Å². The maximum absolute atomic E-state index is 13.3. The normalized spacial score (nSPS) is 10.7. The van der Waals surface area contributed by atoms with Crippen LogP contribution >= 0.6 is 0 Å². The molecule has 2 rings (SSSR count). The first-order valence-corrected chi connectivity index (χ1v) is 6.36. The van der Waals surface area contributed by atoms with Crippen LogP contribution in [0.15, 0.2) is 54.7 Å². The Hall–Kier alpha value is -2.49. The molecular formula is C16H15FN2O. The molecule has 1 heterocycles. The van der Waals surface area contributed by atoms with Crippen molar-refractivity contribution in [3.8, 4) is 0 Å². The fourth-order valence-corrected chi connectivity index (χ4v) is 1.69. The minimum atomic E-state index is -0.343. The Bertz CT molecular complexity index is 596. The van der Waals surface area contributed by atoms with E-state index >= 15 is 0 Å². The van der Waals surface area contributed by atoms with E-state index in [0.717, 1.165) is 5.69 Å². The van der Waals surface area contributed by atoms with Crippen LogP contribution in [-0.2, 0) is 11.2 Å². The highest BCUT2D eigenvalue weighted by Gasteiger charge is 1.99. The molecule has 1 aromatic heterocycles. The summed E-state index contributed by atoms with van der Waals surface area (Å²) in [6.07, 6.45) is 5.18. The van der Waals surface area contributed by atoms with E-state index in [4.69, 9.17) is 0 Å². The van der Waals surface area contributed by atoms with Gasteiger partial charge in [0.1, 0.15) is 5.82 Å². The summed E-state index contributed by atoms with van der Waals surface area (Å²) in [5.74, 6) is -0.589. The third kappa shape index (κ3) is 4.31. The largest absolute Gasteiger partial charge is 0.352 e. The average Bonchev–Trinajstić information content (AvgIpc) is 2.47. The molecule has 0 unspecified atom stereocenters. The Morgan fingerprint density at radius 2 is 2.00 bits per heavy atom. The lowest BCUT2D eigenvalue weighted by Gasteiger charge is -2.01. The minimum Gasteiger partial charge on any atom is -0.352 e. The molecule has 2 aromatic rings. The van der Waals surface area contributed by atoms with Gasteiger partial charge < -0.3 is 5.32 Å². The number of carbonyl (C=O) groups excluding carboxylic acids is 1. The number of hydrogen-bond donors (Lipinski definition) is 1. The van der Waals surface area contributed by atoms with Crippen molar-refractivity contribution in [3.05, 3.63) is 71.8 Å². The van der Waals surface area contributed by atoms with Gasteiger partial charge in [-0.25, -0.2) is 4.39 Å². The van der Waals surface area contributed by atoms with E-state index in [1.165, 1.54) is 18.2 Å². The SMILES string of the molecule is O=C(C=Cc1ccccc1F)NCCc1ccccn1. The van der Waals surface area contributed by atoms with Gasteiger partial charge in [0, 0.05) is 36.5 Å². The molecule has 3 nitrogen and oxygen atoms in total. The number of nitrogens with one attached hydrogen (secondary N) is 1. The van der Waals surface area contributed by atoms with Crippen molar-refractivity contribution < 1.29 is 9.18 Å². The lowest BCUT2D eigenvalue weighted by Crippen LogP contribution is -2.23. The van der Waals surface area contributed by atoms with Crippen LogP contribution in [0.3, 0.4) is 0 Å². The molecule has 0 saturated heterocycles. The predicted molar refractivity (Wildman–Crippen MR) is 76.4 cm³/mol. The molecule has 102 valence electrons. The zero-order valence-corrected chi connectivity index (χ0v) is 10.9. The first-order chi connectivity index (χ1) is 9.75. The topological polar surface area (TPSA) is 42.0 Å². The molecular weight excluding hydrogens is 255 g/mol. The Morgan fingerprint density at radius 1 is 1.20 bits per heavy atom. The van der Waals surface area contributed by atoms with Crippen molar-refractivity contribution >= 4 is 12.0 Å². The summed E-state index contributed by atoms with van der Waals surface area (Å²) in [6.45, 7) is 0.497. The molecule has 1 N–H and O–H groups in total. The summed E-state index contributed by atoms with van der Waals surface area (Å²) in [5.41, 5.74) is 1.32. The smallest absolute Gasteiger partial charge is 0.244 e. The van der Waals surface area contributed by atoms with E-state index in [1.54, 1.807) is 24.4 Å². The molecule has 0 aliphatic rings. The van der Waals surface area contributed by atoms with Crippen molar-refractivity contribution in [3.63, 3.8) is 0 Å². The summed E-state index contributed by atoms with van der Waals surface area (Å²) in [7, 11) is 0. The zero-order chi connectivity index (χ0) is 14.2. The molecule has 0 bridgehead atoms. The van der Waals surface area contributed by atoms with Crippen LogP contribution in [0.4, 0.5) is 4.39 Å². The van der Waals surface area contributed by atoms with Gasteiger partial charge >= 0.3 is 0 Å². The molecule has 1 amide bonds. The van der Waals surface area contributed by atoms with Gasteiger partial charge in [-0.3, -0.25) is 9.78 Å². The monoisotopic (exact) mass is 270 g/mol. The standard InChI is InChI=1S/C16H15FN2O/c17-15-7-2-1-5-13(15)8-9-16(20)19-12-10-14-6-3-4-11-18-14/h1-9,11H,10,12H2,(H,19,20). The van der Waals surface area contributed by atoms with E-state index in [-0.39, 0.29) is 11.7 Å².